The molecule has 0 aliphatic carbocycles. The molecule has 1 N–H and O–H groups in total. The number of hydrogen-bond acceptors (Lipinski definition) is 4. The lowest BCUT2D eigenvalue weighted by Gasteiger charge is -2.33. The Balaban J connectivity index is 1.27. The fourth-order valence-electron chi connectivity index (χ4n) is 4.30. The van der Waals surface area contributed by atoms with E-state index in [1.165, 1.54) is 0 Å². The zero-order valence-electron chi connectivity index (χ0n) is 17.8. The number of rotatable bonds is 5. The first-order valence-corrected chi connectivity index (χ1v) is 10.8. The molecule has 2 aromatic rings. The van der Waals surface area contributed by atoms with Crippen LogP contribution in [0.3, 0.4) is 0 Å². The van der Waals surface area contributed by atoms with Crippen LogP contribution in [-0.2, 0) is 20.9 Å². The second-order valence-corrected chi connectivity index (χ2v) is 8.42. The van der Waals surface area contributed by atoms with Crippen LogP contribution in [0.15, 0.2) is 48.8 Å². The third kappa shape index (κ3) is 4.93. The van der Waals surface area contributed by atoms with Crippen LogP contribution in [0.1, 0.15) is 30.4 Å². The first kappa shape index (κ1) is 21.0. The first-order chi connectivity index (χ1) is 15.0. The van der Waals surface area contributed by atoms with Crippen LogP contribution >= 0.6 is 0 Å². The van der Waals surface area contributed by atoms with Crippen molar-refractivity contribution in [2.24, 2.45) is 11.8 Å². The number of nitrogens with zero attached hydrogens (tertiary/aromatic N) is 3. The van der Waals surface area contributed by atoms with Crippen molar-refractivity contribution in [3.05, 3.63) is 59.9 Å². The van der Waals surface area contributed by atoms with Gasteiger partial charge in [0.1, 0.15) is 0 Å². The summed E-state index contributed by atoms with van der Waals surface area (Å²) in [6, 6.07) is 11.6. The number of amides is 3. The van der Waals surface area contributed by atoms with Gasteiger partial charge in [-0.15, -0.1) is 0 Å². The second-order valence-electron chi connectivity index (χ2n) is 8.42. The molecule has 2 fully saturated rings. The topological polar surface area (TPSA) is 82.6 Å². The Morgan fingerprint density at radius 1 is 1.10 bits per heavy atom. The summed E-state index contributed by atoms with van der Waals surface area (Å²) in [7, 11) is 0. The summed E-state index contributed by atoms with van der Waals surface area (Å²) >= 11 is 0. The maximum absolute atomic E-state index is 13.0. The monoisotopic (exact) mass is 420 g/mol. The van der Waals surface area contributed by atoms with Crippen molar-refractivity contribution < 1.29 is 14.4 Å². The molecule has 0 bridgehead atoms. The van der Waals surface area contributed by atoms with Crippen molar-refractivity contribution >= 4 is 23.4 Å². The molecule has 1 aromatic heterocycles. The number of aromatic nitrogens is 1. The van der Waals surface area contributed by atoms with Crippen LogP contribution in [0.5, 0.6) is 0 Å². The lowest BCUT2D eigenvalue weighted by Crippen LogP contribution is -2.45. The van der Waals surface area contributed by atoms with Gasteiger partial charge >= 0.3 is 0 Å². The molecule has 7 nitrogen and oxygen atoms in total. The molecule has 3 heterocycles. The number of piperidine rings is 1. The molecule has 2 aliphatic rings. The molecule has 2 aliphatic heterocycles. The highest BCUT2D eigenvalue weighted by molar-refractivity contribution is 6.00. The van der Waals surface area contributed by atoms with Crippen LogP contribution in [0.2, 0.25) is 0 Å². The summed E-state index contributed by atoms with van der Waals surface area (Å²) in [5.41, 5.74) is 2.94. The van der Waals surface area contributed by atoms with Crippen molar-refractivity contribution in [2.75, 3.05) is 24.5 Å². The lowest BCUT2D eigenvalue weighted by atomic mass is 9.94. The predicted molar refractivity (Wildman–Crippen MR) is 117 cm³/mol. The van der Waals surface area contributed by atoms with E-state index in [4.69, 9.17) is 0 Å². The normalized spacial score (nSPS) is 19.5. The van der Waals surface area contributed by atoms with E-state index in [1.54, 1.807) is 17.3 Å². The standard InChI is InChI=1S/C24H28N4O3/c1-17-4-6-21(7-5-17)28-16-20(13-22(28)29)24(31)27-11-8-19(9-12-27)23(30)26-15-18-3-2-10-25-14-18/h2-7,10,14,19-20H,8-9,11-13,15-16H2,1H3,(H,26,30)/t20-/m1/s1. The molecule has 162 valence electrons. The molecule has 0 radical (unpaired) electrons. The Hall–Kier alpha value is -3.22. The van der Waals surface area contributed by atoms with Crippen molar-refractivity contribution in [2.45, 2.75) is 32.7 Å². The van der Waals surface area contributed by atoms with Gasteiger partial charge in [-0.05, 0) is 43.5 Å². The number of pyridine rings is 1. The van der Waals surface area contributed by atoms with E-state index in [0.717, 1.165) is 16.8 Å². The number of benzene rings is 1. The van der Waals surface area contributed by atoms with Gasteiger partial charge in [-0.1, -0.05) is 23.8 Å². The summed E-state index contributed by atoms with van der Waals surface area (Å²) in [6.07, 6.45) is 4.98. The predicted octanol–water partition coefficient (Wildman–Crippen LogP) is 2.30. The number of aryl methyl sites for hydroxylation is 1. The number of hydrogen-bond donors (Lipinski definition) is 1. The Labute approximate surface area is 182 Å². The third-order valence-electron chi connectivity index (χ3n) is 6.19. The molecule has 7 heteroatoms. The van der Waals surface area contributed by atoms with E-state index in [1.807, 2.05) is 48.2 Å². The highest BCUT2D eigenvalue weighted by Gasteiger charge is 2.38. The van der Waals surface area contributed by atoms with Crippen molar-refractivity contribution in [3.63, 3.8) is 0 Å². The molecule has 0 saturated carbocycles. The Morgan fingerprint density at radius 2 is 1.84 bits per heavy atom. The van der Waals surface area contributed by atoms with Crippen LogP contribution in [-0.4, -0.2) is 47.2 Å². The Kier molecular flexibility index (Phi) is 6.30. The maximum atomic E-state index is 13.0. The van der Waals surface area contributed by atoms with E-state index in [0.29, 0.717) is 39.0 Å². The maximum Gasteiger partial charge on any atom is 0.228 e. The minimum atomic E-state index is -0.315. The SMILES string of the molecule is Cc1ccc(N2C[C@H](C(=O)N3CCC(C(=O)NCc4cccnc4)CC3)CC2=O)cc1. The Morgan fingerprint density at radius 3 is 2.52 bits per heavy atom. The Bertz CT molecular complexity index is 937. The van der Waals surface area contributed by atoms with E-state index < -0.39 is 0 Å². The molecular weight excluding hydrogens is 392 g/mol. The number of anilines is 1. The largest absolute Gasteiger partial charge is 0.352 e. The van der Waals surface area contributed by atoms with Crippen LogP contribution < -0.4 is 10.2 Å². The fraction of sp³-hybridized carbons (Fsp3) is 0.417. The van der Waals surface area contributed by atoms with Gasteiger partial charge in [-0.25, -0.2) is 0 Å². The summed E-state index contributed by atoms with van der Waals surface area (Å²) < 4.78 is 0. The van der Waals surface area contributed by atoms with Crippen LogP contribution in [0.25, 0.3) is 0 Å². The average Bonchev–Trinajstić information content (AvgIpc) is 3.20. The average molecular weight is 421 g/mol. The van der Waals surface area contributed by atoms with Crippen LogP contribution in [0.4, 0.5) is 5.69 Å². The zero-order valence-corrected chi connectivity index (χ0v) is 17.8. The minimum Gasteiger partial charge on any atom is -0.352 e. The van der Waals surface area contributed by atoms with Gasteiger partial charge in [0.2, 0.25) is 17.7 Å². The van der Waals surface area contributed by atoms with Gasteiger partial charge in [0, 0.05) is 56.6 Å². The van der Waals surface area contributed by atoms with E-state index in [-0.39, 0.29) is 36.0 Å². The van der Waals surface area contributed by atoms with Gasteiger partial charge < -0.3 is 15.1 Å². The number of nitrogens with one attached hydrogen (secondary N) is 1. The summed E-state index contributed by atoms with van der Waals surface area (Å²) in [5, 5.41) is 2.97. The first-order valence-electron chi connectivity index (χ1n) is 10.8. The molecule has 4 rings (SSSR count). The molecule has 0 unspecified atom stereocenters. The van der Waals surface area contributed by atoms with Gasteiger partial charge in [0.05, 0.1) is 5.92 Å². The molecular formula is C24H28N4O3. The van der Waals surface area contributed by atoms with Gasteiger partial charge in [-0.3, -0.25) is 19.4 Å². The van der Waals surface area contributed by atoms with Crippen LogP contribution in [0, 0.1) is 18.8 Å². The molecule has 2 saturated heterocycles. The molecule has 3 amide bonds. The van der Waals surface area contributed by atoms with E-state index >= 15 is 0 Å². The quantitative estimate of drug-likeness (QED) is 0.805. The van der Waals surface area contributed by atoms with Gasteiger partial charge in [0.25, 0.3) is 0 Å². The fourth-order valence-corrected chi connectivity index (χ4v) is 4.30. The van der Waals surface area contributed by atoms with Crippen molar-refractivity contribution in [1.82, 2.24) is 15.2 Å². The molecule has 1 atom stereocenters. The highest BCUT2D eigenvalue weighted by Crippen LogP contribution is 2.28. The lowest BCUT2D eigenvalue weighted by molar-refractivity contribution is -0.139. The smallest absolute Gasteiger partial charge is 0.228 e. The van der Waals surface area contributed by atoms with E-state index in [2.05, 4.69) is 10.3 Å². The second kappa shape index (κ2) is 9.29. The number of likely N-dealkylation sites (tertiary alicyclic amines) is 1. The summed E-state index contributed by atoms with van der Waals surface area (Å²) in [5.74, 6) is -0.360. The van der Waals surface area contributed by atoms with E-state index in [9.17, 15) is 14.4 Å². The third-order valence-corrected chi connectivity index (χ3v) is 6.19. The van der Waals surface area contributed by atoms with Crippen molar-refractivity contribution in [3.8, 4) is 0 Å². The van der Waals surface area contributed by atoms with Crippen molar-refractivity contribution in [1.29, 1.82) is 0 Å². The number of carbonyl (C=O) groups excluding carboxylic acids is 3. The summed E-state index contributed by atoms with van der Waals surface area (Å²) in [4.78, 5) is 45.6. The number of carbonyl (C=O) groups is 3. The summed E-state index contributed by atoms with van der Waals surface area (Å²) in [6.45, 7) is 4.00. The van der Waals surface area contributed by atoms with Gasteiger partial charge in [-0.2, -0.15) is 0 Å². The molecule has 31 heavy (non-hydrogen) atoms. The highest BCUT2D eigenvalue weighted by atomic mass is 16.2. The minimum absolute atomic E-state index is 0.00753. The van der Waals surface area contributed by atoms with Gasteiger partial charge in [0.15, 0.2) is 0 Å². The molecule has 0 spiro atoms. The zero-order chi connectivity index (χ0) is 21.8. The molecule has 1 aromatic carbocycles.